The van der Waals surface area contributed by atoms with Gasteiger partial charge in [0.15, 0.2) is 0 Å². The summed E-state index contributed by atoms with van der Waals surface area (Å²) in [4.78, 5) is 11.2. The van der Waals surface area contributed by atoms with Crippen LogP contribution in [0.3, 0.4) is 0 Å². The first-order valence-corrected chi connectivity index (χ1v) is 7.91. The molecule has 0 spiro atoms. The minimum Gasteiger partial charge on any atom is -0.341 e. The molecule has 0 amide bonds. The monoisotopic (exact) mass is 266 g/mol. The molecular formula is C13H22N4S. The first kappa shape index (κ1) is 13.6. The minimum atomic E-state index is 0.655. The summed E-state index contributed by atoms with van der Waals surface area (Å²) in [5.41, 5.74) is 6.65. The molecule has 1 aromatic heterocycles. The minimum absolute atomic E-state index is 0.655. The van der Waals surface area contributed by atoms with E-state index >= 15 is 0 Å². The first-order chi connectivity index (χ1) is 8.83. The molecule has 1 unspecified atom stereocenters. The SMILES string of the molecule is CSC1CCCN(c2ncc(CCN)cn2)CC1. The fourth-order valence-electron chi connectivity index (χ4n) is 2.31. The van der Waals surface area contributed by atoms with Crippen LogP contribution in [0.25, 0.3) is 0 Å². The van der Waals surface area contributed by atoms with Crippen molar-refractivity contribution in [1.82, 2.24) is 9.97 Å². The number of aromatic nitrogens is 2. The predicted octanol–water partition coefficient (Wildman–Crippen LogP) is 1.70. The average Bonchev–Trinajstić information content (AvgIpc) is 2.65. The van der Waals surface area contributed by atoms with E-state index in [0.29, 0.717) is 6.54 Å². The van der Waals surface area contributed by atoms with Gasteiger partial charge in [0.05, 0.1) is 0 Å². The van der Waals surface area contributed by atoms with Crippen molar-refractivity contribution >= 4 is 17.7 Å². The number of hydrogen-bond donors (Lipinski definition) is 1. The Labute approximate surface area is 113 Å². The molecule has 1 aliphatic heterocycles. The molecule has 0 aromatic carbocycles. The van der Waals surface area contributed by atoms with Crippen LogP contribution in [0, 0.1) is 0 Å². The van der Waals surface area contributed by atoms with Crippen molar-refractivity contribution in [2.45, 2.75) is 30.9 Å². The Hall–Kier alpha value is -0.810. The van der Waals surface area contributed by atoms with E-state index < -0.39 is 0 Å². The molecule has 2 rings (SSSR count). The largest absolute Gasteiger partial charge is 0.341 e. The molecule has 0 aliphatic carbocycles. The summed E-state index contributed by atoms with van der Waals surface area (Å²) in [6.07, 6.45) is 10.7. The molecule has 1 aromatic rings. The Kier molecular flexibility index (Phi) is 5.26. The fraction of sp³-hybridized carbons (Fsp3) is 0.692. The lowest BCUT2D eigenvalue weighted by Crippen LogP contribution is -2.26. The van der Waals surface area contributed by atoms with Gasteiger partial charge in [-0.1, -0.05) is 0 Å². The number of nitrogens with zero attached hydrogens (tertiary/aromatic N) is 3. The van der Waals surface area contributed by atoms with Gasteiger partial charge in [-0.15, -0.1) is 0 Å². The Morgan fingerprint density at radius 3 is 2.78 bits per heavy atom. The van der Waals surface area contributed by atoms with Gasteiger partial charge in [-0.25, -0.2) is 9.97 Å². The van der Waals surface area contributed by atoms with Gasteiger partial charge in [0.2, 0.25) is 5.95 Å². The lowest BCUT2D eigenvalue weighted by atomic mass is 10.2. The fourth-order valence-corrected chi connectivity index (χ4v) is 3.05. The lowest BCUT2D eigenvalue weighted by molar-refractivity contribution is 0.744. The van der Waals surface area contributed by atoms with E-state index in [2.05, 4.69) is 21.1 Å². The number of anilines is 1. The molecule has 100 valence electrons. The maximum Gasteiger partial charge on any atom is 0.225 e. The molecule has 2 heterocycles. The van der Waals surface area contributed by atoms with Gasteiger partial charge >= 0.3 is 0 Å². The summed E-state index contributed by atoms with van der Waals surface area (Å²) in [6.45, 7) is 2.80. The van der Waals surface area contributed by atoms with E-state index in [1.165, 1.54) is 19.3 Å². The van der Waals surface area contributed by atoms with Crippen LogP contribution in [0.4, 0.5) is 5.95 Å². The predicted molar refractivity (Wildman–Crippen MR) is 78.2 cm³/mol. The molecule has 4 nitrogen and oxygen atoms in total. The molecule has 0 bridgehead atoms. The van der Waals surface area contributed by atoms with Gasteiger partial charge in [-0.3, -0.25) is 0 Å². The van der Waals surface area contributed by atoms with Crippen LogP contribution >= 0.6 is 11.8 Å². The highest BCUT2D eigenvalue weighted by molar-refractivity contribution is 7.99. The van der Waals surface area contributed by atoms with Crippen LogP contribution in [0.2, 0.25) is 0 Å². The third-order valence-corrected chi connectivity index (χ3v) is 4.55. The van der Waals surface area contributed by atoms with E-state index in [-0.39, 0.29) is 0 Å². The lowest BCUT2D eigenvalue weighted by Gasteiger charge is -2.20. The molecule has 0 radical (unpaired) electrons. The summed E-state index contributed by atoms with van der Waals surface area (Å²) < 4.78 is 0. The summed E-state index contributed by atoms with van der Waals surface area (Å²) in [5.74, 6) is 0.873. The highest BCUT2D eigenvalue weighted by Gasteiger charge is 2.17. The molecule has 0 saturated carbocycles. The van der Waals surface area contributed by atoms with Gasteiger partial charge in [-0.2, -0.15) is 11.8 Å². The quantitative estimate of drug-likeness (QED) is 0.899. The highest BCUT2D eigenvalue weighted by atomic mass is 32.2. The topological polar surface area (TPSA) is 55.0 Å². The number of thioether (sulfide) groups is 1. The molecule has 1 saturated heterocycles. The highest BCUT2D eigenvalue weighted by Crippen LogP contribution is 2.22. The second-order valence-corrected chi connectivity index (χ2v) is 5.84. The van der Waals surface area contributed by atoms with Gasteiger partial charge in [0, 0.05) is 30.7 Å². The van der Waals surface area contributed by atoms with Crippen molar-refractivity contribution in [2.75, 3.05) is 30.8 Å². The van der Waals surface area contributed by atoms with Crippen LogP contribution in [0.5, 0.6) is 0 Å². The maximum atomic E-state index is 5.52. The van der Waals surface area contributed by atoms with Crippen LogP contribution in [-0.2, 0) is 6.42 Å². The van der Waals surface area contributed by atoms with Crippen molar-refractivity contribution in [2.24, 2.45) is 5.73 Å². The van der Waals surface area contributed by atoms with Crippen molar-refractivity contribution in [3.05, 3.63) is 18.0 Å². The number of rotatable bonds is 4. The average molecular weight is 266 g/mol. The van der Waals surface area contributed by atoms with Crippen molar-refractivity contribution in [3.63, 3.8) is 0 Å². The van der Waals surface area contributed by atoms with Gasteiger partial charge in [0.25, 0.3) is 0 Å². The molecular weight excluding hydrogens is 244 g/mol. The Morgan fingerprint density at radius 1 is 1.33 bits per heavy atom. The summed E-state index contributed by atoms with van der Waals surface area (Å²) in [7, 11) is 0. The Bertz CT molecular complexity index is 355. The Balaban J connectivity index is 1.98. The van der Waals surface area contributed by atoms with E-state index in [9.17, 15) is 0 Å². The second kappa shape index (κ2) is 6.95. The zero-order chi connectivity index (χ0) is 12.8. The van der Waals surface area contributed by atoms with Crippen molar-refractivity contribution in [3.8, 4) is 0 Å². The van der Waals surface area contributed by atoms with Gasteiger partial charge < -0.3 is 10.6 Å². The number of hydrogen-bond acceptors (Lipinski definition) is 5. The van der Waals surface area contributed by atoms with Crippen LogP contribution in [0.15, 0.2) is 12.4 Å². The standard InChI is InChI=1S/C13H22N4S/c1-18-12-3-2-7-17(8-5-12)13-15-9-11(4-6-14)10-16-13/h9-10,12H,2-8,14H2,1H3. The first-order valence-electron chi connectivity index (χ1n) is 6.62. The second-order valence-electron chi connectivity index (χ2n) is 4.71. The third-order valence-electron chi connectivity index (χ3n) is 3.42. The summed E-state index contributed by atoms with van der Waals surface area (Å²) >= 11 is 1.98. The zero-order valence-corrected chi connectivity index (χ0v) is 11.8. The Morgan fingerprint density at radius 2 is 2.11 bits per heavy atom. The number of nitrogens with two attached hydrogens (primary N) is 1. The van der Waals surface area contributed by atoms with E-state index in [1.807, 2.05) is 24.2 Å². The zero-order valence-electron chi connectivity index (χ0n) is 11.0. The van der Waals surface area contributed by atoms with E-state index in [0.717, 1.165) is 36.3 Å². The summed E-state index contributed by atoms with van der Waals surface area (Å²) in [6, 6.07) is 0. The van der Waals surface area contributed by atoms with E-state index in [1.54, 1.807) is 0 Å². The molecule has 1 atom stereocenters. The third kappa shape index (κ3) is 3.59. The normalized spacial score (nSPS) is 20.8. The van der Waals surface area contributed by atoms with Crippen LogP contribution in [-0.4, -0.2) is 41.1 Å². The van der Waals surface area contributed by atoms with Crippen molar-refractivity contribution < 1.29 is 0 Å². The molecule has 1 fully saturated rings. The maximum absolute atomic E-state index is 5.52. The molecule has 1 aliphatic rings. The van der Waals surface area contributed by atoms with Gasteiger partial charge in [-0.05, 0) is 44.0 Å². The van der Waals surface area contributed by atoms with Crippen LogP contribution in [0.1, 0.15) is 24.8 Å². The molecule has 2 N–H and O–H groups in total. The van der Waals surface area contributed by atoms with Crippen molar-refractivity contribution in [1.29, 1.82) is 0 Å². The van der Waals surface area contributed by atoms with E-state index in [4.69, 9.17) is 5.73 Å². The van der Waals surface area contributed by atoms with Crippen LogP contribution < -0.4 is 10.6 Å². The van der Waals surface area contributed by atoms with Gasteiger partial charge in [0.1, 0.15) is 0 Å². The summed E-state index contributed by atoms with van der Waals surface area (Å²) in [5, 5.41) is 0.798. The molecule has 5 heteroatoms. The molecule has 18 heavy (non-hydrogen) atoms. The smallest absolute Gasteiger partial charge is 0.225 e.